The SMILES string of the molecule is O=C(NC[C@]1(O)CCCNC1)Nc1cccc(OC(F)F)c1. The van der Waals surface area contributed by atoms with Crippen LogP contribution in [-0.2, 0) is 0 Å². The highest BCUT2D eigenvalue weighted by Gasteiger charge is 2.29. The molecule has 2 rings (SSSR count). The molecule has 0 aromatic heterocycles. The summed E-state index contributed by atoms with van der Waals surface area (Å²) in [7, 11) is 0. The van der Waals surface area contributed by atoms with Crippen LogP contribution in [0.5, 0.6) is 5.75 Å². The molecule has 22 heavy (non-hydrogen) atoms. The average molecular weight is 315 g/mol. The van der Waals surface area contributed by atoms with Gasteiger partial charge in [-0.05, 0) is 31.5 Å². The summed E-state index contributed by atoms with van der Waals surface area (Å²) in [5, 5.41) is 18.4. The van der Waals surface area contributed by atoms with Crippen molar-refractivity contribution in [1.29, 1.82) is 0 Å². The van der Waals surface area contributed by atoms with Crippen molar-refractivity contribution in [2.45, 2.75) is 25.1 Å². The van der Waals surface area contributed by atoms with Crippen LogP contribution in [0.3, 0.4) is 0 Å². The summed E-state index contributed by atoms with van der Waals surface area (Å²) in [6.07, 6.45) is 1.45. The van der Waals surface area contributed by atoms with Gasteiger partial charge in [-0.15, -0.1) is 0 Å². The quantitative estimate of drug-likeness (QED) is 0.664. The van der Waals surface area contributed by atoms with Crippen molar-refractivity contribution >= 4 is 11.7 Å². The smallest absolute Gasteiger partial charge is 0.387 e. The van der Waals surface area contributed by atoms with E-state index in [1.165, 1.54) is 18.2 Å². The molecule has 1 aromatic rings. The predicted molar refractivity (Wildman–Crippen MR) is 77.1 cm³/mol. The van der Waals surface area contributed by atoms with Crippen molar-refractivity contribution in [2.24, 2.45) is 0 Å². The van der Waals surface area contributed by atoms with Crippen LogP contribution in [0.1, 0.15) is 12.8 Å². The van der Waals surface area contributed by atoms with Crippen LogP contribution in [0.4, 0.5) is 19.3 Å². The maximum absolute atomic E-state index is 12.1. The highest BCUT2D eigenvalue weighted by Crippen LogP contribution is 2.19. The highest BCUT2D eigenvalue weighted by atomic mass is 19.3. The third kappa shape index (κ3) is 5.12. The number of rotatable bonds is 5. The van der Waals surface area contributed by atoms with Crippen LogP contribution in [-0.4, -0.2) is 43.0 Å². The Balaban J connectivity index is 1.84. The van der Waals surface area contributed by atoms with Crippen LogP contribution < -0.4 is 20.7 Å². The molecule has 122 valence electrons. The molecule has 6 nitrogen and oxygen atoms in total. The van der Waals surface area contributed by atoms with E-state index in [1.807, 2.05) is 0 Å². The summed E-state index contributed by atoms with van der Waals surface area (Å²) in [6, 6.07) is 5.18. The summed E-state index contributed by atoms with van der Waals surface area (Å²) in [6.45, 7) is -1.53. The van der Waals surface area contributed by atoms with Gasteiger partial charge >= 0.3 is 12.6 Å². The van der Waals surface area contributed by atoms with Gasteiger partial charge in [0.05, 0.1) is 5.60 Å². The minimum atomic E-state index is -2.92. The Morgan fingerprint density at radius 2 is 2.32 bits per heavy atom. The number of alkyl halides is 2. The van der Waals surface area contributed by atoms with E-state index in [1.54, 1.807) is 6.07 Å². The Kier molecular flexibility index (Phi) is 5.51. The number of hydrogen-bond acceptors (Lipinski definition) is 4. The fraction of sp³-hybridized carbons (Fsp3) is 0.500. The van der Waals surface area contributed by atoms with Gasteiger partial charge in [0.25, 0.3) is 0 Å². The van der Waals surface area contributed by atoms with Crippen LogP contribution in [0, 0.1) is 0 Å². The van der Waals surface area contributed by atoms with E-state index in [-0.39, 0.29) is 12.3 Å². The normalized spacial score (nSPS) is 21.5. The zero-order valence-corrected chi connectivity index (χ0v) is 11.9. The number of nitrogens with one attached hydrogen (secondary N) is 3. The number of ether oxygens (including phenoxy) is 1. The second kappa shape index (κ2) is 7.37. The van der Waals surface area contributed by atoms with Crippen LogP contribution in [0.25, 0.3) is 0 Å². The molecule has 8 heteroatoms. The van der Waals surface area contributed by atoms with Gasteiger partial charge in [-0.25, -0.2) is 4.79 Å². The Bertz CT molecular complexity index is 508. The first-order chi connectivity index (χ1) is 10.5. The average Bonchev–Trinajstić information content (AvgIpc) is 2.46. The molecular formula is C14H19F2N3O3. The van der Waals surface area contributed by atoms with Gasteiger partial charge in [0.15, 0.2) is 0 Å². The molecule has 1 saturated heterocycles. The van der Waals surface area contributed by atoms with Crippen LogP contribution in [0.15, 0.2) is 24.3 Å². The molecule has 2 amide bonds. The number of urea groups is 1. The molecule has 1 fully saturated rings. The number of carbonyl (C=O) groups is 1. The fourth-order valence-corrected chi connectivity index (χ4v) is 2.27. The van der Waals surface area contributed by atoms with E-state index in [9.17, 15) is 18.7 Å². The molecule has 0 unspecified atom stereocenters. The molecule has 0 aliphatic carbocycles. The zero-order chi connectivity index (χ0) is 16.0. The maximum atomic E-state index is 12.1. The van der Waals surface area contributed by atoms with E-state index < -0.39 is 18.2 Å². The van der Waals surface area contributed by atoms with Crippen LogP contribution >= 0.6 is 0 Å². The molecule has 4 N–H and O–H groups in total. The number of carbonyl (C=O) groups excluding carboxylic acids is 1. The lowest BCUT2D eigenvalue weighted by atomic mass is 9.94. The van der Waals surface area contributed by atoms with E-state index in [0.717, 1.165) is 13.0 Å². The van der Waals surface area contributed by atoms with Crippen molar-refractivity contribution in [2.75, 3.05) is 25.0 Å². The molecular weight excluding hydrogens is 296 g/mol. The lowest BCUT2D eigenvalue weighted by Gasteiger charge is -2.32. The van der Waals surface area contributed by atoms with Gasteiger partial charge in [-0.3, -0.25) is 0 Å². The van der Waals surface area contributed by atoms with Crippen molar-refractivity contribution in [3.63, 3.8) is 0 Å². The summed E-state index contributed by atoms with van der Waals surface area (Å²) < 4.78 is 28.5. The summed E-state index contributed by atoms with van der Waals surface area (Å²) in [5.74, 6) is -0.0390. The highest BCUT2D eigenvalue weighted by molar-refractivity contribution is 5.89. The van der Waals surface area contributed by atoms with E-state index >= 15 is 0 Å². The lowest BCUT2D eigenvalue weighted by Crippen LogP contribution is -2.53. The number of halogens is 2. The van der Waals surface area contributed by atoms with Crippen molar-refractivity contribution < 1.29 is 23.4 Å². The number of β-amino-alcohol motifs (C(OH)–C–C–N with tert-alkyl or cyclic N) is 1. The van der Waals surface area contributed by atoms with Gasteiger partial charge in [0, 0.05) is 24.8 Å². The van der Waals surface area contributed by atoms with Crippen molar-refractivity contribution in [1.82, 2.24) is 10.6 Å². The number of piperidine rings is 1. The Morgan fingerprint density at radius 3 is 3.00 bits per heavy atom. The first-order valence-corrected chi connectivity index (χ1v) is 7.00. The van der Waals surface area contributed by atoms with Gasteiger partial charge in [-0.2, -0.15) is 8.78 Å². The number of anilines is 1. The minimum Gasteiger partial charge on any atom is -0.435 e. The molecule has 1 aliphatic rings. The van der Waals surface area contributed by atoms with E-state index in [4.69, 9.17) is 0 Å². The minimum absolute atomic E-state index is 0.0390. The topological polar surface area (TPSA) is 82.6 Å². The second-order valence-corrected chi connectivity index (χ2v) is 5.22. The molecule has 0 radical (unpaired) electrons. The third-order valence-electron chi connectivity index (χ3n) is 3.34. The number of aliphatic hydroxyl groups is 1. The molecule has 1 aromatic carbocycles. The molecule has 1 atom stereocenters. The molecule has 0 saturated carbocycles. The monoisotopic (exact) mass is 315 g/mol. The summed E-state index contributed by atoms with van der Waals surface area (Å²) in [4.78, 5) is 11.8. The molecule has 1 aliphatic heterocycles. The number of amides is 2. The predicted octanol–water partition coefficient (Wildman–Crippen LogP) is 1.52. The van der Waals surface area contributed by atoms with Crippen molar-refractivity contribution in [3.8, 4) is 5.75 Å². The van der Waals surface area contributed by atoms with E-state index in [0.29, 0.717) is 18.7 Å². The summed E-state index contributed by atoms with van der Waals surface area (Å²) in [5.41, 5.74) is -0.639. The maximum Gasteiger partial charge on any atom is 0.387 e. The van der Waals surface area contributed by atoms with Gasteiger partial charge in [-0.1, -0.05) is 6.07 Å². The number of hydrogen-bond donors (Lipinski definition) is 4. The Hall–Kier alpha value is -1.93. The van der Waals surface area contributed by atoms with Crippen LogP contribution in [0.2, 0.25) is 0 Å². The lowest BCUT2D eigenvalue weighted by molar-refractivity contribution is -0.0498. The summed E-state index contributed by atoms with van der Waals surface area (Å²) >= 11 is 0. The second-order valence-electron chi connectivity index (χ2n) is 5.22. The Morgan fingerprint density at radius 1 is 1.50 bits per heavy atom. The number of benzene rings is 1. The van der Waals surface area contributed by atoms with Gasteiger partial charge in [0.2, 0.25) is 0 Å². The molecule has 0 bridgehead atoms. The van der Waals surface area contributed by atoms with Crippen molar-refractivity contribution in [3.05, 3.63) is 24.3 Å². The standard InChI is InChI=1S/C14H19F2N3O3/c15-12(16)22-11-4-1-3-10(7-11)19-13(20)18-9-14(21)5-2-6-17-8-14/h1,3-4,7,12,17,21H,2,5-6,8-9H2,(H2,18,19,20)/t14-/m0/s1. The first-order valence-electron chi connectivity index (χ1n) is 7.00. The fourth-order valence-electron chi connectivity index (χ4n) is 2.27. The van der Waals surface area contributed by atoms with Gasteiger partial charge < -0.3 is 25.8 Å². The largest absolute Gasteiger partial charge is 0.435 e. The first kappa shape index (κ1) is 16.4. The molecule has 0 spiro atoms. The molecule has 1 heterocycles. The van der Waals surface area contributed by atoms with Gasteiger partial charge in [0.1, 0.15) is 5.75 Å². The third-order valence-corrected chi connectivity index (χ3v) is 3.34. The zero-order valence-electron chi connectivity index (χ0n) is 11.9. The van der Waals surface area contributed by atoms with E-state index in [2.05, 4.69) is 20.7 Å². The Labute approximate surface area is 126 Å².